The van der Waals surface area contributed by atoms with Crippen molar-refractivity contribution in [3.8, 4) is 0 Å². The van der Waals surface area contributed by atoms with Crippen molar-refractivity contribution >= 4 is 26.5 Å². The van der Waals surface area contributed by atoms with Crippen LogP contribution in [0, 0.1) is 5.82 Å². The molecule has 0 N–H and O–H groups in total. The first kappa shape index (κ1) is 18.2. The number of hydrogen-bond donors (Lipinski definition) is 0. The van der Waals surface area contributed by atoms with Crippen molar-refractivity contribution in [3.05, 3.63) is 35.1 Å². The second-order valence-electron chi connectivity index (χ2n) is 6.99. The monoisotopic (exact) mass is 384 g/mol. The molecule has 0 bridgehead atoms. The van der Waals surface area contributed by atoms with Crippen LogP contribution in [0.5, 0.6) is 0 Å². The van der Waals surface area contributed by atoms with Gasteiger partial charge in [-0.15, -0.1) is 10.2 Å². The van der Waals surface area contributed by atoms with Crippen LogP contribution in [0.3, 0.4) is 0 Å². The van der Waals surface area contributed by atoms with E-state index in [9.17, 15) is 12.8 Å². The summed E-state index contributed by atoms with van der Waals surface area (Å²) in [5.74, 6) is -0.553. The Morgan fingerprint density at radius 1 is 1.12 bits per heavy atom. The van der Waals surface area contributed by atoms with Gasteiger partial charge in [0.15, 0.2) is 0 Å². The summed E-state index contributed by atoms with van der Waals surface area (Å²) >= 11 is 1.54. The predicted octanol–water partition coefficient (Wildman–Crippen LogP) is 2.49. The van der Waals surface area contributed by atoms with Crippen molar-refractivity contribution in [3.63, 3.8) is 0 Å². The third kappa shape index (κ3) is 3.83. The number of sulfonamides is 1. The van der Waals surface area contributed by atoms with Crippen molar-refractivity contribution in [2.45, 2.75) is 31.1 Å². The topological polar surface area (TPSA) is 66.4 Å². The van der Waals surface area contributed by atoms with E-state index in [4.69, 9.17) is 0 Å². The van der Waals surface area contributed by atoms with Crippen LogP contribution in [0.4, 0.5) is 9.52 Å². The van der Waals surface area contributed by atoms with Crippen LogP contribution >= 0.6 is 11.3 Å². The summed E-state index contributed by atoms with van der Waals surface area (Å²) in [5, 5.41) is 10.2. The van der Waals surface area contributed by atoms with Gasteiger partial charge in [0.05, 0.1) is 4.90 Å². The van der Waals surface area contributed by atoms with Gasteiger partial charge in [-0.3, -0.25) is 0 Å². The van der Waals surface area contributed by atoms with Gasteiger partial charge >= 0.3 is 0 Å². The molecule has 0 atom stereocenters. The van der Waals surface area contributed by atoms with E-state index in [0.717, 1.165) is 16.2 Å². The maximum atomic E-state index is 13.3. The van der Waals surface area contributed by atoms with Crippen molar-refractivity contribution < 1.29 is 12.8 Å². The number of rotatable bonds is 3. The average Bonchev–Trinajstić information content (AvgIpc) is 3.05. The number of hydrogen-bond acceptors (Lipinski definition) is 6. The molecule has 1 fully saturated rings. The van der Waals surface area contributed by atoms with E-state index in [2.05, 4.69) is 31.0 Å². The molecule has 1 aromatic carbocycles. The first-order chi connectivity index (χ1) is 11.7. The van der Waals surface area contributed by atoms with Gasteiger partial charge in [-0.2, -0.15) is 4.31 Å². The molecule has 0 amide bonds. The molecule has 25 heavy (non-hydrogen) atoms. The third-order valence-electron chi connectivity index (χ3n) is 4.00. The molecule has 0 saturated carbocycles. The second-order valence-corrected chi connectivity index (χ2v) is 9.88. The minimum Gasteiger partial charge on any atom is -0.344 e. The van der Waals surface area contributed by atoms with E-state index < -0.39 is 15.8 Å². The van der Waals surface area contributed by atoms with Gasteiger partial charge in [0.2, 0.25) is 15.2 Å². The summed E-state index contributed by atoms with van der Waals surface area (Å²) in [4.78, 5) is 2.04. The molecule has 3 rings (SSSR count). The van der Waals surface area contributed by atoms with Gasteiger partial charge in [0, 0.05) is 31.6 Å². The highest BCUT2D eigenvalue weighted by atomic mass is 32.2. The molecule has 2 aromatic rings. The maximum Gasteiger partial charge on any atom is 0.243 e. The summed E-state index contributed by atoms with van der Waals surface area (Å²) in [6.07, 6.45) is 0. The molecule has 1 aliphatic heterocycles. The number of nitrogens with zero attached hydrogens (tertiary/aromatic N) is 4. The summed E-state index contributed by atoms with van der Waals surface area (Å²) in [6, 6.07) is 5.13. The molecule has 0 aliphatic carbocycles. The highest BCUT2D eigenvalue weighted by Crippen LogP contribution is 2.30. The van der Waals surface area contributed by atoms with Crippen LogP contribution in [0.25, 0.3) is 0 Å². The van der Waals surface area contributed by atoms with E-state index in [1.807, 2.05) is 4.90 Å². The van der Waals surface area contributed by atoms with Gasteiger partial charge in [-0.1, -0.05) is 38.2 Å². The highest BCUT2D eigenvalue weighted by Gasteiger charge is 2.30. The lowest BCUT2D eigenvalue weighted by molar-refractivity contribution is 0.384. The Balaban J connectivity index is 1.70. The van der Waals surface area contributed by atoms with Crippen LogP contribution < -0.4 is 4.90 Å². The standard InChI is InChI=1S/C16H21FN4O2S2/c1-16(2,3)14-18-19-15(24-14)20-7-9-21(10-8-20)25(22,23)13-6-4-5-12(17)11-13/h4-6,11H,7-10H2,1-3H3. The minimum atomic E-state index is -3.67. The molecule has 1 aromatic heterocycles. The molecule has 6 nitrogen and oxygen atoms in total. The molecule has 0 unspecified atom stereocenters. The summed E-state index contributed by atoms with van der Waals surface area (Å²) < 4.78 is 40.0. The zero-order valence-electron chi connectivity index (χ0n) is 14.4. The molecule has 9 heteroatoms. The lowest BCUT2D eigenvalue weighted by atomic mass is 9.98. The molecule has 2 heterocycles. The Morgan fingerprint density at radius 3 is 2.36 bits per heavy atom. The van der Waals surface area contributed by atoms with Gasteiger partial charge < -0.3 is 4.90 Å². The second kappa shape index (κ2) is 6.62. The van der Waals surface area contributed by atoms with Crippen molar-refractivity contribution in [2.75, 3.05) is 31.1 Å². The zero-order valence-corrected chi connectivity index (χ0v) is 16.1. The Bertz CT molecular complexity index is 853. The first-order valence-electron chi connectivity index (χ1n) is 8.02. The molecule has 1 aliphatic rings. The Hall–Kier alpha value is -1.58. The third-order valence-corrected chi connectivity index (χ3v) is 7.30. The van der Waals surface area contributed by atoms with Crippen LogP contribution in [0.1, 0.15) is 25.8 Å². The molecule has 136 valence electrons. The van der Waals surface area contributed by atoms with E-state index >= 15 is 0 Å². The summed E-state index contributed by atoms with van der Waals surface area (Å²) in [5.41, 5.74) is -0.0571. The number of aromatic nitrogens is 2. The van der Waals surface area contributed by atoms with Crippen molar-refractivity contribution in [1.82, 2.24) is 14.5 Å². The lowest BCUT2D eigenvalue weighted by Gasteiger charge is -2.33. The van der Waals surface area contributed by atoms with E-state index in [1.165, 1.54) is 33.8 Å². The smallest absolute Gasteiger partial charge is 0.243 e. The summed E-state index contributed by atoms with van der Waals surface area (Å²) in [6.45, 7) is 8.00. The maximum absolute atomic E-state index is 13.3. The molecule has 0 radical (unpaired) electrons. The predicted molar refractivity (Wildman–Crippen MR) is 96.0 cm³/mol. The van der Waals surface area contributed by atoms with E-state index in [-0.39, 0.29) is 10.3 Å². The average molecular weight is 385 g/mol. The number of halogens is 1. The van der Waals surface area contributed by atoms with E-state index in [1.54, 1.807) is 0 Å². The molecular weight excluding hydrogens is 363 g/mol. The van der Waals surface area contributed by atoms with Crippen LogP contribution in [0.2, 0.25) is 0 Å². The number of piperazine rings is 1. The van der Waals surface area contributed by atoms with Gasteiger partial charge in [0.25, 0.3) is 0 Å². The Labute approximate surface area is 151 Å². The van der Waals surface area contributed by atoms with Crippen LogP contribution in [0.15, 0.2) is 29.2 Å². The minimum absolute atomic E-state index is 0.00751. The van der Waals surface area contributed by atoms with Crippen molar-refractivity contribution in [1.29, 1.82) is 0 Å². The van der Waals surface area contributed by atoms with E-state index in [0.29, 0.717) is 26.2 Å². The fraction of sp³-hybridized carbons (Fsp3) is 0.500. The van der Waals surface area contributed by atoms with Gasteiger partial charge in [-0.25, -0.2) is 12.8 Å². The molecule has 1 saturated heterocycles. The fourth-order valence-electron chi connectivity index (χ4n) is 2.54. The Morgan fingerprint density at radius 2 is 1.80 bits per heavy atom. The first-order valence-corrected chi connectivity index (χ1v) is 10.3. The number of anilines is 1. The lowest BCUT2D eigenvalue weighted by Crippen LogP contribution is -2.48. The van der Waals surface area contributed by atoms with Crippen molar-refractivity contribution in [2.24, 2.45) is 0 Å². The zero-order chi connectivity index (χ0) is 18.2. The Kier molecular flexibility index (Phi) is 4.82. The highest BCUT2D eigenvalue weighted by molar-refractivity contribution is 7.89. The van der Waals surface area contributed by atoms with Crippen LogP contribution in [-0.2, 0) is 15.4 Å². The molecule has 0 spiro atoms. The van der Waals surface area contributed by atoms with Gasteiger partial charge in [0.1, 0.15) is 10.8 Å². The number of benzene rings is 1. The molecular formula is C16H21FN4O2S2. The largest absolute Gasteiger partial charge is 0.344 e. The quantitative estimate of drug-likeness (QED) is 0.813. The fourth-order valence-corrected chi connectivity index (χ4v) is 4.95. The van der Waals surface area contributed by atoms with Gasteiger partial charge in [-0.05, 0) is 18.2 Å². The SMILES string of the molecule is CC(C)(C)c1nnc(N2CCN(S(=O)(=O)c3cccc(F)c3)CC2)s1. The van der Waals surface area contributed by atoms with Crippen LogP contribution in [-0.4, -0.2) is 49.1 Å². The summed E-state index contributed by atoms with van der Waals surface area (Å²) in [7, 11) is -3.67. The normalized spacial score (nSPS) is 17.0.